The highest BCUT2D eigenvalue weighted by Gasteiger charge is 2.30. The summed E-state index contributed by atoms with van der Waals surface area (Å²) in [6.07, 6.45) is -0.227. The number of carbonyl (C=O) groups excluding carboxylic acids is 1. The highest BCUT2D eigenvalue weighted by molar-refractivity contribution is 7.89. The lowest BCUT2D eigenvalue weighted by molar-refractivity contribution is -0.0440. The minimum Gasteiger partial charge on any atom is -0.373 e. The van der Waals surface area contributed by atoms with Gasteiger partial charge in [0.15, 0.2) is 0 Å². The summed E-state index contributed by atoms with van der Waals surface area (Å²) >= 11 is 0. The fourth-order valence-electron chi connectivity index (χ4n) is 2.47. The van der Waals surface area contributed by atoms with Crippen LogP contribution in [0, 0.1) is 0 Å². The molecule has 1 aromatic rings. The molecule has 1 fully saturated rings. The van der Waals surface area contributed by atoms with Gasteiger partial charge < -0.3 is 10.1 Å². The first-order chi connectivity index (χ1) is 10.4. The van der Waals surface area contributed by atoms with E-state index in [4.69, 9.17) is 4.74 Å². The fraction of sp³-hybridized carbons (Fsp3) is 0.533. The molecule has 1 aromatic carbocycles. The molecule has 1 aliphatic rings. The largest absolute Gasteiger partial charge is 0.373 e. The van der Waals surface area contributed by atoms with Crippen molar-refractivity contribution in [3.63, 3.8) is 0 Å². The highest BCUT2D eigenvalue weighted by atomic mass is 32.2. The van der Waals surface area contributed by atoms with Crippen LogP contribution in [0.2, 0.25) is 0 Å². The molecule has 2 atom stereocenters. The number of nitrogens with one attached hydrogen (secondary N) is 1. The normalized spacial score (nSPS) is 23.2. The lowest BCUT2D eigenvalue weighted by atomic mass is 10.2. The van der Waals surface area contributed by atoms with E-state index in [9.17, 15) is 13.2 Å². The third-order valence-corrected chi connectivity index (χ3v) is 5.27. The van der Waals surface area contributed by atoms with E-state index in [2.05, 4.69) is 5.32 Å². The summed E-state index contributed by atoms with van der Waals surface area (Å²) in [5.74, 6) is -0.370. The van der Waals surface area contributed by atoms with Crippen LogP contribution in [-0.2, 0) is 14.8 Å². The molecular formula is C15H22N2O4S. The van der Waals surface area contributed by atoms with E-state index >= 15 is 0 Å². The Balaban J connectivity index is 1.86. The topological polar surface area (TPSA) is 75.7 Å². The first kappa shape index (κ1) is 16.9. The second-order valence-electron chi connectivity index (χ2n) is 5.51. The molecule has 1 amide bonds. The van der Waals surface area contributed by atoms with Gasteiger partial charge in [-0.2, -0.15) is 4.31 Å². The van der Waals surface area contributed by atoms with E-state index in [0.717, 1.165) is 0 Å². The molecular weight excluding hydrogens is 304 g/mol. The van der Waals surface area contributed by atoms with Gasteiger partial charge in [-0.15, -0.1) is 0 Å². The van der Waals surface area contributed by atoms with Gasteiger partial charge >= 0.3 is 0 Å². The van der Waals surface area contributed by atoms with Gasteiger partial charge in [-0.25, -0.2) is 8.42 Å². The summed E-state index contributed by atoms with van der Waals surface area (Å²) in [5.41, 5.74) is 0.522. The number of amides is 1. The molecule has 1 saturated heterocycles. The molecule has 1 aliphatic heterocycles. The van der Waals surface area contributed by atoms with Gasteiger partial charge in [0.1, 0.15) is 0 Å². The predicted octanol–water partition coefficient (Wildman–Crippen LogP) is 0.855. The Morgan fingerprint density at radius 1 is 1.23 bits per heavy atom. The Bertz CT molecular complexity index is 593. The fourth-order valence-corrected chi connectivity index (χ4v) is 3.96. The number of hydrogen-bond acceptors (Lipinski definition) is 4. The Labute approximate surface area is 131 Å². The number of morpholine rings is 1. The van der Waals surface area contributed by atoms with Crippen LogP contribution in [0.15, 0.2) is 30.3 Å². The van der Waals surface area contributed by atoms with E-state index in [1.165, 1.54) is 4.31 Å². The molecule has 22 heavy (non-hydrogen) atoms. The molecule has 6 nitrogen and oxygen atoms in total. The third kappa shape index (κ3) is 4.53. The lowest BCUT2D eigenvalue weighted by Gasteiger charge is -2.34. The molecule has 0 aliphatic carbocycles. The third-order valence-electron chi connectivity index (χ3n) is 3.46. The molecule has 0 saturated carbocycles. The molecule has 7 heteroatoms. The van der Waals surface area contributed by atoms with Crippen molar-refractivity contribution in [2.75, 3.05) is 25.4 Å². The summed E-state index contributed by atoms with van der Waals surface area (Å²) in [6.45, 7) is 4.53. The zero-order valence-corrected chi connectivity index (χ0v) is 13.7. The summed E-state index contributed by atoms with van der Waals surface area (Å²) < 4.78 is 31.6. The first-order valence-electron chi connectivity index (χ1n) is 7.35. The monoisotopic (exact) mass is 326 g/mol. The maximum absolute atomic E-state index is 12.3. The Kier molecular flexibility index (Phi) is 5.55. The van der Waals surface area contributed by atoms with Crippen LogP contribution in [0.5, 0.6) is 0 Å². The number of benzene rings is 1. The minimum absolute atomic E-state index is 0.0934. The average molecular weight is 326 g/mol. The summed E-state index contributed by atoms with van der Waals surface area (Å²) in [7, 11) is -3.39. The number of ether oxygens (including phenoxy) is 1. The van der Waals surface area contributed by atoms with Gasteiger partial charge in [0.2, 0.25) is 10.0 Å². The van der Waals surface area contributed by atoms with Crippen LogP contribution >= 0.6 is 0 Å². The number of nitrogens with zero attached hydrogens (tertiary/aromatic N) is 1. The molecule has 2 unspecified atom stereocenters. The molecule has 1 N–H and O–H groups in total. The molecule has 0 spiro atoms. The van der Waals surface area contributed by atoms with Gasteiger partial charge in [-0.1, -0.05) is 18.2 Å². The van der Waals surface area contributed by atoms with E-state index in [0.29, 0.717) is 18.7 Å². The molecule has 0 bridgehead atoms. The smallest absolute Gasteiger partial charge is 0.251 e. The maximum Gasteiger partial charge on any atom is 0.251 e. The quantitative estimate of drug-likeness (QED) is 0.870. The van der Waals surface area contributed by atoms with Crippen LogP contribution in [0.4, 0.5) is 0 Å². The molecule has 0 radical (unpaired) electrons. The van der Waals surface area contributed by atoms with Crippen molar-refractivity contribution in [2.24, 2.45) is 0 Å². The first-order valence-corrected chi connectivity index (χ1v) is 8.96. The maximum atomic E-state index is 12.3. The van der Waals surface area contributed by atoms with Gasteiger partial charge in [0.25, 0.3) is 5.91 Å². The molecule has 122 valence electrons. The Morgan fingerprint density at radius 2 is 1.82 bits per heavy atom. The van der Waals surface area contributed by atoms with Gasteiger partial charge in [0, 0.05) is 25.2 Å². The van der Waals surface area contributed by atoms with Gasteiger partial charge in [-0.05, 0) is 26.0 Å². The van der Waals surface area contributed by atoms with Crippen molar-refractivity contribution in [3.05, 3.63) is 35.9 Å². The second kappa shape index (κ2) is 7.21. The standard InChI is InChI=1S/C15H22N2O4S/c1-12-10-17(11-13(2)21-12)22(19,20)9-8-16-15(18)14-6-4-3-5-7-14/h3-7,12-13H,8-11H2,1-2H3,(H,16,18). The molecule has 2 rings (SSSR count). The van der Waals surface area contributed by atoms with Crippen molar-refractivity contribution < 1.29 is 17.9 Å². The number of rotatable bonds is 5. The van der Waals surface area contributed by atoms with Crippen LogP contribution in [0.3, 0.4) is 0 Å². The van der Waals surface area contributed by atoms with Gasteiger partial charge in [0.05, 0.1) is 18.0 Å². The zero-order valence-electron chi connectivity index (χ0n) is 12.9. The Morgan fingerprint density at radius 3 is 2.41 bits per heavy atom. The van der Waals surface area contributed by atoms with E-state index in [1.54, 1.807) is 24.3 Å². The average Bonchev–Trinajstić information content (AvgIpc) is 2.47. The summed E-state index contributed by atoms with van der Waals surface area (Å²) in [6, 6.07) is 8.73. The number of hydrogen-bond donors (Lipinski definition) is 1. The molecule has 0 aromatic heterocycles. The van der Waals surface area contributed by atoms with Crippen molar-refractivity contribution >= 4 is 15.9 Å². The van der Waals surface area contributed by atoms with Crippen molar-refractivity contribution in [2.45, 2.75) is 26.1 Å². The van der Waals surface area contributed by atoms with Crippen LogP contribution in [-0.4, -0.2) is 56.2 Å². The minimum atomic E-state index is -3.39. The van der Waals surface area contributed by atoms with Crippen molar-refractivity contribution in [3.8, 4) is 0 Å². The predicted molar refractivity (Wildman–Crippen MR) is 84.1 cm³/mol. The SMILES string of the molecule is CC1CN(S(=O)(=O)CCNC(=O)c2ccccc2)CC(C)O1. The van der Waals surface area contributed by atoms with Crippen LogP contribution in [0.25, 0.3) is 0 Å². The summed E-state index contributed by atoms with van der Waals surface area (Å²) in [4.78, 5) is 11.9. The van der Waals surface area contributed by atoms with Crippen LogP contribution < -0.4 is 5.32 Å². The molecule has 1 heterocycles. The Hall–Kier alpha value is -1.44. The van der Waals surface area contributed by atoms with E-state index in [1.807, 2.05) is 19.9 Å². The lowest BCUT2D eigenvalue weighted by Crippen LogP contribution is -2.49. The number of sulfonamides is 1. The van der Waals surface area contributed by atoms with E-state index < -0.39 is 10.0 Å². The highest BCUT2D eigenvalue weighted by Crippen LogP contribution is 2.14. The van der Waals surface area contributed by atoms with Gasteiger partial charge in [-0.3, -0.25) is 4.79 Å². The summed E-state index contributed by atoms with van der Waals surface area (Å²) in [5, 5.41) is 2.64. The zero-order chi connectivity index (χ0) is 16.2. The van der Waals surface area contributed by atoms with Crippen LogP contribution in [0.1, 0.15) is 24.2 Å². The van der Waals surface area contributed by atoms with Crippen molar-refractivity contribution in [1.82, 2.24) is 9.62 Å². The second-order valence-corrected chi connectivity index (χ2v) is 7.60. The van der Waals surface area contributed by atoms with Crippen molar-refractivity contribution in [1.29, 1.82) is 0 Å². The number of carbonyl (C=O) groups is 1. The van der Waals surface area contributed by atoms with E-state index in [-0.39, 0.29) is 30.4 Å².